The summed E-state index contributed by atoms with van der Waals surface area (Å²) in [4.78, 5) is 38.0. The SMILES string of the molecule is CCN(CC(N)=O)C(=O)Nc1ccc(C(=O)O)nc1. The smallest absolute Gasteiger partial charge is 0.354 e. The van der Waals surface area contributed by atoms with Crippen LogP contribution in [0.1, 0.15) is 17.4 Å². The molecule has 1 heterocycles. The first-order valence-corrected chi connectivity index (χ1v) is 5.47. The molecule has 0 saturated carbocycles. The Morgan fingerprint density at radius 1 is 1.42 bits per heavy atom. The number of anilines is 1. The fraction of sp³-hybridized carbons (Fsp3) is 0.273. The molecule has 0 spiro atoms. The number of nitrogens with one attached hydrogen (secondary N) is 1. The molecule has 8 heteroatoms. The lowest BCUT2D eigenvalue weighted by Crippen LogP contribution is -2.40. The number of urea groups is 1. The number of rotatable bonds is 5. The molecule has 1 aromatic heterocycles. The molecule has 0 aliphatic carbocycles. The van der Waals surface area contributed by atoms with Crippen LogP contribution >= 0.6 is 0 Å². The van der Waals surface area contributed by atoms with Crippen LogP contribution < -0.4 is 11.1 Å². The molecule has 0 atom stereocenters. The number of pyridine rings is 1. The van der Waals surface area contributed by atoms with Gasteiger partial charge in [-0.15, -0.1) is 0 Å². The van der Waals surface area contributed by atoms with E-state index in [1.165, 1.54) is 23.2 Å². The van der Waals surface area contributed by atoms with Gasteiger partial charge in [0.15, 0.2) is 0 Å². The van der Waals surface area contributed by atoms with Crippen LogP contribution in [0.2, 0.25) is 0 Å². The minimum atomic E-state index is -1.15. The number of carbonyl (C=O) groups is 3. The fourth-order valence-electron chi connectivity index (χ4n) is 1.31. The van der Waals surface area contributed by atoms with Crippen molar-refractivity contribution in [3.8, 4) is 0 Å². The van der Waals surface area contributed by atoms with Gasteiger partial charge in [-0.3, -0.25) is 4.79 Å². The van der Waals surface area contributed by atoms with Gasteiger partial charge in [0.25, 0.3) is 0 Å². The standard InChI is InChI=1S/C11H14N4O4/c1-2-15(6-9(12)16)11(19)14-7-3-4-8(10(17)18)13-5-7/h3-5H,2,6H2,1H3,(H2,12,16)(H,14,19)(H,17,18). The molecule has 102 valence electrons. The first-order chi connectivity index (χ1) is 8.93. The Morgan fingerprint density at radius 2 is 2.11 bits per heavy atom. The van der Waals surface area contributed by atoms with Crippen molar-refractivity contribution in [2.75, 3.05) is 18.4 Å². The quantitative estimate of drug-likeness (QED) is 0.697. The fourth-order valence-corrected chi connectivity index (χ4v) is 1.31. The van der Waals surface area contributed by atoms with Crippen molar-refractivity contribution in [2.24, 2.45) is 5.73 Å². The number of aromatic carboxylic acids is 1. The molecule has 0 bridgehead atoms. The number of nitrogens with zero attached hydrogens (tertiary/aromatic N) is 2. The summed E-state index contributed by atoms with van der Waals surface area (Å²) < 4.78 is 0. The Kier molecular flexibility index (Phi) is 4.81. The Bertz CT molecular complexity index is 486. The summed E-state index contributed by atoms with van der Waals surface area (Å²) in [6.07, 6.45) is 1.22. The molecule has 1 aromatic rings. The van der Waals surface area contributed by atoms with Crippen molar-refractivity contribution >= 4 is 23.6 Å². The van der Waals surface area contributed by atoms with E-state index in [0.717, 1.165) is 0 Å². The molecule has 8 nitrogen and oxygen atoms in total. The number of carbonyl (C=O) groups excluding carboxylic acids is 2. The Balaban J connectivity index is 2.70. The summed E-state index contributed by atoms with van der Waals surface area (Å²) in [6, 6.07) is 2.17. The maximum atomic E-state index is 11.8. The maximum absolute atomic E-state index is 11.8. The number of likely N-dealkylation sites (N-methyl/N-ethyl adjacent to an activating group) is 1. The van der Waals surface area contributed by atoms with Crippen LogP contribution in [0, 0.1) is 0 Å². The largest absolute Gasteiger partial charge is 0.477 e. The molecule has 0 unspecified atom stereocenters. The van der Waals surface area contributed by atoms with E-state index in [0.29, 0.717) is 12.2 Å². The number of primary amides is 1. The van der Waals surface area contributed by atoms with Gasteiger partial charge in [-0.25, -0.2) is 14.6 Å². The third kappa shape index (κ3) is 4.26. The van der Waals surface area contributed by atoms with E-state index in [2.05, 4.69) is 10.3 Å². The molecular formula is C11H14N4O4. The van der Waals surface area contributed by atoms with E-state index in [-0.39, 0.29) is 12.2 Å². The van der Waals surface area contributed by atoms with Gasteiger partial charge >= 0.3 is 12.0 Å². The van der Waals surface area contributed by atoms with Gasteiger partial charge < -0.3 is 21.1 Å². The molecule has 0 aliphatic rings. The lowest BCUT2D eigenvalue weighted by Gasteiger charge is -2.19. The summed E-state index contributed by atoms with van der Waals surface area (Å²) in [6.45, 7) is 1.83. The van der Waals surface area contributed by atoms with Crippen molar-refractivity contribution in [3.63, 3.8) is 0 Å². The summed E-state index contributed by atoms with van der Waals surface area (Å²) in [5, 5.41) is 11.2. The van der Waals surface area contributed by atoms with Crippen LogP contribution in [0.15, 0.2) is 18.3 Å². The van der Waals surface area contributed by atoms with Crippen LogP contribution in [-0.2, 0) is 4.79 Å². The number of carboxylic acid groups (broad SMARTS) is 1. The van der Waals surface area contributed by atoms with E-state index >= 15 is 0 Å². The van der Waals surface area contributed by atoms with Crippen molar-refractivity contribution in [1.82, 2.24) is 9.88 Å². The summed E-state index contributed by atoms with van der Waals surface area (Å²) in [5.41, 5.74) is 5.22. The molecule has 19 heavy (non-hydrogen) atoms. The van der Waals surface area contributed by atoms with Gasteiger partial charge in [-0.2, -0.15) is 0 Å². The molecule has 0 saturated heterocycles. The number of amides is 3. The summed E-state index contributed by atoms with van der Waals surface area (Å²) in [7, 11) is 0. The van der Waals surface area contributed by atoms with Crippen LogP contribution in [0.5, 0.6) is 0 Å². The zero-order valence-corrected chi connectivity index (χ0v) is 10.3. The second-order valence-electron chi connectivity index (χ2n) is 3.65. The minimum absolute atomic E-state index is 0.123. The Hall–Kier alpha value is -2.64. The zero-order chi connectivity index (χ0) is 14.4. The second-order valence-corrected chi connectivity index (χ2v) is 3.65. The van der Waals surface area contributed by atoms with Crippen molar-refractivity contribution in [2.45, 2.75) is 6.92 Å². The highest BCUT2D eigenvalue weighted by atomic mass is 16.4. The van der Waals surface area contributed by atoms with E-state index in [1.54, 1.807) is 6.92 Å². The molecular weight excluding hydrogens is 252 g/mol. The highest BCUT2D eigenvalue weighted by molar-refractivity contribution is 5.92. The first-order valence-electron chi connectivity index (χ1n) is 5.47. The maximum Gasteiger partial charge on any atom is 0.354 e. The third-order valence-corrected chi connectivity index (χ3v) is 2.25. The van der Waals surface area contributed by atoms with E-state index in [1.807, 2.05) is 0 Å². The van der Waals surface area contributed by atoms with Gasteiger partial charge in [0.1, 0.15) is 12.2 Å². The monoisotopic (exact) mass is 266 g/mol. The van der Waals surface area contributed by atoms with Crippen molar-refractivity contribution in [1.29, 1.82) is 0 Å². The molecule has 0 fully saturated rings. The molecule has 4 N–H and O–H groups in total. The van der Waals surface area contributed by atoms with Crippen molar-refractivity contribution < 1.29 is 19.5 Å². The summed E-state index contributed by atoms with van der Waals surface area (Å²) >= 11 is 0. The Labute approximate surface area is 109 Å². The summed E-state index contributed by atoms with van der Waals surface area (Å²) in [5.74, 6) is -1.77. The second kappa shape index (κ2) is 6.34. The van der Waals surface area contributed by atoms with Crippen LogP contribution in [0.25, 0.3) is 0 Å². The van der Waals surface area contributed by atoms with Crippen molar-refractivity contribution in [3.05, 3.63) is 24.0 Å². The average Bonchev–Trinajstić information content (AvgIpc) is 2.36. The molecule has 1 rings (SSSR count). The first kappa shape index (κ1) is 14.4. The number of aromatic nitrogens is 1. The highest BCUT2D eigenvalue weighted by Crippen LogP contribution is 2.07. The van der Waals surface area contributed by atoms with Gasteiger partial charge in [0, 0.05) is 6.54 Å². The number of hydrogen-bond donors (Lipinski definition) is 3. The van der Waals surface area contributed by atoms with Crippen LogP contribution in [0.4, 0.5) is 10.5 Å². The van der Waals surface area contributed by atoms with Crippen LogP contribution in [-0.4, -0.2) is 46.0 Å². The molecule has 0 radical (unpaired) electrons. The van der Waals surface area contributed by atoms with Crippen LogP contribution in [0.3, 0.4) is 0 Å². The molecule has 0 aromatic carbocycles. The topological polar surface area (TPSA) is 126 Å². The molecule has 0 aliphatic heterocycles. The van der Waals surface area contributed by atoms with Gasteiger partial charge in [-0.1, -0.05) is 0 Å². The number of nitrogens with two attached hydrogens (primary N) is 1. The van der Waals surface area contributed by atoms with Gasteiger partial charge in [-0.05, 0) is 19.1 Å². The normalized spacial score (nSPS) is 9.74. The number of hydrogen-bond acceptors (Lipinski definition) is 4. The third-order valence-electron chi connectivity index (χ3n) is 2.25. The van der Waals surface area contributed by atoms with E-state index in [4.69, 9.17) is 10.8 Å². The predicted molar refractivity (Wildman–Crippen MR) is 66.7 cm³/mol. The lowest BCUT2D eigenvalue weighted by molar-refractivity contribution is -0.118. The number of carboxylic acids is 1. The highest BCUT2D eigenvalue weighted by Gasteiger charge is 2.14. The average molecular weight is 266 g/mol. The van der Waals surface area contributed by atoms with Gasteiger partial charge in [0.05, 0.1) is 11.9 Å². The molecule has 3 amide bonds. The Morgan fingerprint density at radius 3 is 2.53 bits per heavy atom. The van der Waals surface area contributed by atoms with E-state index < -0.39 is 17.9 Å². The van der Waals surface area contributed by atoms with E-state index in [9.17, 15) is 14.4 Å². The zero-order valence-electron chi connectivity index (χ0n) is 10.3. The van der Waals surface area contributed by atoms with Gasteiger partial charge in [0.2, 0.25) is 5.91 Å². The minimum Gasteiger partial charge on any atom is -0.477 e. The lowest BCUT2D eigenvalue weighted by atomic mass is 10.3. The predicted octanol–water partition coefficient (Wildman–Crippen LogP) is 0.119.